The van der Waals surface area contributed by atoms with E-state index in [9.17, 15) is 14.7 Å². The fourth-order valence-electron chi connectivity index (χ4n) is 3.32. The lowest BCUT2D eigenvalue weighted by molar-refractivity contribution is 0.0776. The van der Waals surface area contributed by atoms with Gasteiger partial charge < -0.3 is 24.2 Å². The van der Waals surface area contributed by atoms with Crippen LogP contribution in [0.5, 0.6) is 0 Å². The van der Waals surface area contributed by atoms with Gasteiger partial charge in [0, 0.05) is 58.6 Å². The molecule has 1 saturated heterocycles. The van der Waals surface area contributed by atoms with Crippen molar-refractivity contribution in [1.82, 2.24) is 14.4 Å². The van der Waals surface area contributed by atoms with Crippen molar-refractivity contribution >= 4 is 5.91 Å². The smallest absolute Gasteiger partial charge is 0.263 e. The van der Waals surface area contributed by atoms with Gasteiger partial charge in [-0.1, -0.05) is 0 Å². The van der Waals surface area contributed by atoms with Crippen LogP contribution in [0.4, 0.5) is 0 Å². The molecule has 0 spiro atoms. The molecule has 1 aromatic rings. The molecule has 1 fully saturated rings. The van der Waals surface area contributed by atoms with E-state index in [-0.39, 0.29) is 35.5 Å². The molecule has 140 valence electrons. The molecule has 2 rings (SSSR count). The Morgan fingerprint density at radius 1 is 1.36 bits per heavy atom. The fourth-order valence-corrected chi connectivity index (χ4v) is 3.32. The molecule has 1 aliphatic rings. The summed E-state index contributed by atoms with van der Waals surface area (Å²) >= 11 is 0. The van der Waals surface area contributed by atoms with Crippen molar-refractivity contribution in [3.05, 3.63) is 33.7 Å². The highest BCUT2D eigenvalue weighted by Gasteiger charge is 2.36. The first kappa shape index (κ1) is 19.6. The summed E-state index contributed by atoms with van der Waals surface area (Å²) in [4.78, 5) is 29.0. The van der Waals surface area contributed by atoms with Crippen LogP contribution in [0.2, 0.25) is 0 Å². The van der Waals surface area contributed by atoms with E-state index in [1.807, 2.05) is 14.0 Å². The largest absolute Gasteiger partial charge is 0.396 e. The molecular formula is C18H29N3O4. The first-order valence-corrected chi connectivity index (χ1v) is 8.63. The number of carbonyl (C=O) groups is 1. The Labute approximate surface area is 148 Å². The molecule has 0 radical (unpaired) electrons. The van der Waals surface area contributed by atoms with Crippen molar-refractivity contribution in [2.24, 2.45) is 18.9 Å². The molecule has 0 unspecified atom stereocenters. The summed E-state index contributed by atoms with van der Waals surface area (Å²) < 4.78 is 6.58. The van der Waals surface area contributed by atoms with Gasteiger partial charge in [-0.25, -0.2) is 0 Å². The van der Waals surface area contributed by atoms with Crippen LogP contribution in [0.3, 0.4) is 0 Å². The Balaban J connectivity index is 2.09. The second-order valence-corrected chi connectivity index (χ2v) is 6.92. The zero-order valence-corrected chi connectivity index (χ0v) is 15.6. The summed E-state index contributed by atoms with van der Waals surface area (Å²) in [6.45, 7) is 5.14. The molecule has 7 nitrogen and oxygen atoms in total. The number of carbonyl (C=O) groups excluding carboxylic acids is 1. The van der Waals surface area contributed by atoms with E-state index in [1.165, 1.54) is 4.57 Å². The standard InChI is InChI=1S/C18H29N3O4/c1-13-5-6-16(17(23)20(13)3)18(24)21-10-14(15(11-21)12-22)9-19(2)7-8-25-4/h5-6,14-15,22H,7-12H2,1-4H3/t14-,15-/m1/s1. The van der Waals surface area contributed by atoms with Gasteiger partial charge in [-0.05, 0) is 32.0 Å². The van der Waals surface area contributed by atoms with Crippen LogP contribution in [0.25, 0.3) is 0 Å². The molecule has 0 saturated carbocycles. The molecular weight excluding hydrogens is 322 g/mol. The van der Waals surface area contributed by atoms with E-state index in [1.54, 1.807) is 31.2 Å². The van der Waals surface area contributed by atoms with Crippen molar-refractivity contribution < 1.29 is 14.6 Å². The third-order valence-electron chi connectivity index (χ3n) is 5.11. The summed E-state index contributed by atoms with van der Waals surface area (Å²) in [6.07, 6.45) is 0. The lowest BCUT2D eigenvalue weighted by Crippen LogP contribution is -2.36. The predicted octanol–water partition coefficient (Wildman–Crippen LogP) is -0.0476. The van der Waals surface area contributed by atoms with Crippen LogP contribution in [0, 0.1) is 18.8 Å². The molecule has 2 heterocycles. The minimum absolute atomic E-state index is 0.0308. The van der Waals surface area contributed by atoms with Gasteiger partial charge in [-0.2, -0.15) is 0 Å². The average Bonchev–Trinajstić information content (AvgIpc) is 3.00. The number of hydrogen-bond acceptors (Lipinski definition) is 5. The quantitative estimate of drug-likeness (QED) is 0.746. The number of pyridine rings is 1. The maximum Gasteiger partial charge on any atom is 0.263 e. The number of ether oxygens (including phenoxy) is 1. The topological polar surface area (TPSA) is 75.0 Å². The Morgan fingerprint density at radius 3 is 2.68 bits per heavy atom. The zero-order valence-electron chi connectivity index (χ0n) is 15.6. The van der Waals surface area contributed by atoms with Crippen LogP contribution < -0.4 is 5.56 Å². The number of hydrogen-bond donors (Lipinski definition) is 1. The van der Waals surface area contributed by atoms with E-state index in [4.69, 9.17) is 4.74 Å². The number of likely N-dealkylation sites (tertiary alicyclic amines) is 1. The first-order valence-electron chi connectivity index (χ1n) is 8.63. The lowest BCUT2D eigenvalue weighted by atomic mass is 9.96. The van der Waals surface area contributed by atoms with Crippen LogP contribution in [-0.4, -0.2) is 78.9 Å². The maximum atomic E-state index is 12.8. The second kappa shape index (κ2) is 8.60. The van der Waals surface area contributed by atoms with E-state index in [2.05, 4.69) is 4.90 Å². The van der Waals surface area contributed by atoms with Crippen LogP contribution in [0.15, 0.2) is 16.9 Å². The Kier molecular flexibility index (Phi) is 6.75. The number of aliphatic hydroxyl groups is 1. The minimum Gasteiger partial charge on any atom is -0.396 e. The highest BCUT2D eigenvalue weighted by molar-refractivity contribution is 5.94. The lowest BCUT2D eigenvalue weighted by Gasteiger charge is -2.23. The second-order valence-electron chi connectivity index (χ2n) is 6.92. The number of likely N-dealkylation sites (N-methyl/N-ethyl adjacent to an activating group) is 1. The number of aryl methyl sites for hydroxylation is 1. The van der Waals surface area contributed by atoms with E-state index in [0.717, 1.165) is 18.8 Å². The predicted molar refractivity (Wildman–Crippen MR) is 95.8 cm³/mol. The van der Waals surface area contributed by atoms with Gasteiger partial charge in [0.15, 0.2) is 0 Å². The highest BCUT2D eigenvalue weighted by atomic mass is 16.5. The molecule has 0 aliphatic carbocycles. The van der Waals surface area contributed by atoms with Crippen molar-refractivity contribution in [2.75, 3.05) is 53.6 Å². The number of rotatable bonds is 7. The fraction of sp³-hybridized carbons (Fsp3) is 0.667. The number of methoxy groups -OCH3 is 1. The van der Waals surface area contributed by atoms with Gasteiger partial charge in [0.05, 0.1) is 6.61 Å². The summed E-state index contributed by atoms with van der Waals surface area (Å²) in [5, 5.41) is 9.68. The van der Waals surface area contributed by atoms with Crippen molar-refractivity contribution in [1.29, 1.82) is 0 Å². The summed E-state index contributed by atoms with van der Waals surface area (Å²) in [6, 6.07) is 3.39. The summed E-state index contributed by atoms with van der Waals surface area (Å²) in [5.74, 6) is -0.0329. The van der Waals surface area contributed by atoms with Gasteiger partial charge in [-0.15, -0.1) is 0 Å². The molecule has 1 N–H and O–H groups in total. The van der Waals surface area contributed by atoms with E-state index in [0.29, 0.717) is 19.7 Å². The summed E-state index contributed by atoms with van der Waals surface area (Å²) in [7, 11) is 5.35. The Morgan fingerprint density at radius 2 is 2.04 bits per heavy atom. The highest BCUT2D eigenvalue weighted by Crippen LogP contribution is 2.25. The Bertz CT molecular complexity index is 658. The number of aromatic nitrogens is 1. The molecule has 1 amide bonds. The van der Waals surface area contributed by atoms with Crippen LogP contribution in [0.1, 0.15) is 16.1 Å². The molecule has 25 heavy (non-hydrogen) atoms. The SMILES string of the molecule is COCCN(C)C[C@@H]1CN(C(=O)c2ccc(C)n(C)c2=O)C[C@@H]1CO. The van der Waals surface area contributed by atoms with Crippen LogP contribution >= 0.6 is 0 Å². The third kappa shape index (κ3) is 4.48. The number of aliphatic hydroxyl groups excluding tert-OH is 1. The van der Waals surface area contributed by atoms with Crippen molar-refractivity contribution in [3.8, 4) is 0 Å². The minimum atomic E-state index is -0.272. The normalized spacial score (nSPS) is 20.5. The third-order valence-corrected chi connectivity index (χ3v) is 5.11. The van der Waals surface area contributed by atoms with Crippen molar-refractivity contribution in [2.45, 2.75) is 6.92 Å². The molecule has 1 aliphatic heterocycles. The van der Waals surface area contributed by atoms with Gasteiger partial charge in [0.1, 0.15) is 5.56 Å². The molecule has 1 aromatic heterocycles. The van der Waals surface area contributed by atoms with Gasteiger partial charge >= 0.3 is 0 Å². The first-order chi connectivity index (χ1) is 11.9. The molecule has 7 heteroatoms. The van der Waals surface area contributed by atoms with Gasteiger partial charge in [0.25, 0.3) is 11.5 Å². The van der Waals surface area contributed by atoms with Crippen LogP contribution in [-0.2, 0) is 11.8 Å². The van der Waals surface area contributed by atoms with Crippen molar-refractivity contribution in [3.63, 3.8) is 0 Å². The molecule has 2 atom stereocenters. The van der Waals surface area contributed by atoms with Gasteiger partial charge in [-0.3, -0.25) is 9.59 Å². The number of nitrogens with zero attached hydrogens (tertiary/aromatic N) is 3. The maximum absolute atomic E-state index is 12.8. The monoisotopic (exact) mass is 351 g/mol. The zero-order chi connectivity index (χ0) is 18.6. The Hall–Kier alpha value is -1.70. The molecule has 0 bridgehead atoms. The number of amides is 1. The van der Waals surface area contributed by atoms with E-state index >= 15 is 0 Å². The molecule has 0 aromatic carbocycles. The average molecular weight is 351 g/mol. The van der Waals surface area contributed by atoms with E-state index < -0.39 is 0 Å². The summed E-state index contributed by atoms with van der Waals surface area (Å²) in [5.41, 5.74) is 0.734. The van der Waals surface area contributed by atoms with Gasteiger partial charge in [0.2, 0.25) is 0 Å².